The quantitative estimate of drug-likeness (QED) is 0.608. The molecule has 4 aromatic rings. The Morgan fingerprint density at radius 1 is 1.11 bits per heavy atom. The van der Waals surface area contributed by atoms with Gasteiger partial charge in [0.25, 0.3) is 5.91 Å². The van der Waals surface area contributed by atoms with Crippen LogP contribution in [0.2, 0.25) is 0 Å². The summed E-state index contributed by atoms with van der Waals surface area (Å²) in [5.41, 5.74) is 5.64. The first-order chi connectivity index (χ1) is 13.0. The van der Waals surface area contributed by atoms with Gasteiger partial charge in [-0.05, 0) is 39.0 Å². The van der Waals surface area contributed by atoms with Gasteiger partial charge >= 0.3 is 0 Å². The van der Waals surface area contributed by atoms with Crippen LogP contribution in [0.25, 0.3) is 17.0 Å². The third-order valence-corrected chi connectivity index (χ3v) is 4.77. The predicted octanol–water partition coefficient (Wildman–Crippen LogP) is 3.31. The highest BCUT2D eigenvalue weighted by atomic mass is 16.1. The van der Waals surface area contributed by atoms with Crippen molar-refractivity contribution < 1.29 is 4.79 Å². The van der Waals surface area contributed by atoms with Crippen molar-refractivity contribution in [2.75, 3.05) is 5.32 Å². The van der Waals surface area contributed by atoms with Gasteiger partial charge in [0, 0.05) is 42.1 Å². The van der Waals surface area contributed by atoms with E-state index in [1.54, 1.807) is 10.9 Å². The van der Waals surface area contributed by atoms with Crippen LogP contribution in [0.5, 0.6) is 0 Å². The van der Waals surface area contributed by atoms with E-state index in [9.17, 15) is 4.79 Å². The summed E-state index contributed by atoms with van der Waals surface area (Å²) in [4.78, 5) is 21.6. The van der Waals surface area contributed by atoms with E-state index in [1.165, 1.54) is 0 Å². The Morgan fingerprint density at radius 3 is 2.63 bits per heavy atom. The number of hydrogen-bond acceptors (Lipinski definition) is 4. The number of aromatic nitrogens is 5. The molecule has 0 atom stereocenters. The highest BCUT2D eigenvalue weighted by Crippen LogP contribution is 2.26. The maximum absolute atomic E-state index is 12.7. The smallest absolute Gasteiger partial charge is 0.259 e. The molecule has 7 heteroatoms. The van der Waals surface area contributed by atoms with Crippen LogP contribution in [0.4, 0.5) is 5.69 Å². The van der Waals surface area contributed by atoms with E-state index >= 15 is 0 Å². The van der Waals surface area contributed by atoms with Crippen molar-refractivity contribution in [1.82, 2.24) is 24.1 Å². The SMILES string of the molecule is Cc1nn(C)c(C)c1C(=O)Nc1cccc(-c2nc3ncccn3c2C)c1. The minimum Gasteiger partial charge on any atom is -0.322 e. The molecular weight excluding hydrogens is 340 g/mol. The van der Waals surface area contributed by atoms with Crippen LogP contribution >= 0.6 is 0 Å². The number of carbonyl (C=O) groups is 1. The van der Waals surface area contributed by atoms with E-state index in [1.807, 2.05) is 68.7 Å². The molecule has 3 aromatic heterocycles. The molecule has 136 valence electrons. The van der Waals surface area contributed by atoms with Gasteiger partial charge in [0.05, 0.1) is 17.0 Å². The summed E-state index contributed by atoms with van der Waals surface area (Å²) in [6.07, 6.45) is 3.66. The van der Waals surface area contributed by atoms with Gasteiger partial charge in [-0.3, -0.25) is 13.9 Å². The summed E-state index contributed by atoms with van der Waals surface area (Å²) in [5, 5.41) is 7.28. The molecule has 0 radical (unpaired) electrons. The van der Waals surface area contributed by atoms with Crippen molar-refractivity contribution in [3.8, 4) is 11.3 Å². The van der Waals surface area contributed by atoms with Crippen LogP contribution in [0.15, 0.2) is 42.7 Å². The van der Waals surface area contributed by atoms with Crippen molar-refractivity contribution in [2.24, 2.45) is 7.05 Å². The van der Waals surface area contributed by atoms with E-state index < -0.39 is 0 Å². The lowest BCUT2D eigenvalue weighted by Crippen LogP contribution is -2.14. The van der Waals surface area contributed by atoms with Crippen LogP contribution < -0.4 is 5.32 Å². The molecule has 27 heavy (non-hydrogen) atoms. The first kappa shape index (κ1) is 17.0. The minimum atomic E-state index is -0.163. The molecule has 0 bridgehead atoms. The van der Waals surface area contributed by atoms with Gasteiger partial charge < -0.3 is 5.32 Å². The number of imidazole rings is 1. The molecule has 0 aliphatic heterocycles. The molecule has 1 N–H and O–H groups in total. The fourth-order valence-electron chi connectivity index (χ4n) is 3.32. The number of fused-ring (bicyclic) bond motifs is 1. The zero-order valence-electron chi connectivity index (χ0n) is 15.7. The Hall–Kier alpha value is -3.48. The zero-order chi connectivity index (χ0) is 19.1. The van der Waals surface area contributed by atoms with E-state index in [4.69, 9.17) is 0 Å². The van der Waals surface area contributed by atoms with E-state index in [0.717, 1.165) is 22.6 Å². The Bertz CT molecular complexity index is 1170. The van der Waals surface area contributed by atoms with Gasteiger partial charge in [0.2, 0.25) is 5.78 Å². The molecule has 7 nitrogen and oxygen atoms in total. The number of nitrogens with zero attached hydrogens (tertiary/aromatic N) is 5. The molecule has 0 saturated heterocycles. The molecular formula is C20H20N6O. The summed E-state index contributed by atoms with van der Waals surface area (Å²) < 4.78 is 3.66. The first-order valence-corrected chi connectivity index (χ1v) is 8.67. The number of anilines is 1. The summed E-state index contributed by atoms with van der Waals surface area (Å²) in [6.45, 7) is 5.73. The van der Waals surface area contributed by atoms with E-state index in [0.29, 0.717) is 22.7 Å². The molecule has 1 amide bonds. The zero-order valence-corrected chi connectivity index (χ0v) is 15.7. The van der Waals surface area contributed by atoms with Gasteiger partial charge in [-0.25, -0.2) is 9.97 Å². The largest absolute Gasteiger partial charge is 0.322 e. The number of benzene rings is 1. The van der Waals surface area contributed by atoms with Gasteiger partial charge in [-0.2, -0.15) is 5.10 Å². The van der Waals surface area contributed by atoms with Gasteiger partial charge in [-0.15, -0.1) is 0 Å². The van der Waals surface area contributed by atoms with Crippen LogP contribution in [0.1, 0.15) is 27.4 Å². The third kappa shape index (κ3) is 2.87. The van der Waals surface area contributed by atoms with Gasteiger partial charge in [0.1, 0.15) is 0 Å². The van der Waals surface area contributed by atoms with Crippen LogP contribution in [-0.4, -0.2) is 30.1 Å². The summed E-state index contributed by atoms with van der Waals surface area (Å²) in [6, 6.07) is 9.55. The summed E-state index contributed by atoms with van der Waals surface area (Å²) in [7, 11) is 1.83. The first-order valence-electron chi connectivity index (χ1n) is 8.67. The lowest BCUT2D eigenvalue weighted by Gasteiger charge is -2.07. The molecule has 0 unspecified atom stereocenters. The topological polar surface area (TPSA) is 77.1 Å². The Kier molecular flexibility index (Phi) is 3.99. The number of hydrogen-bond donors (Lipinski definition) is 1. The number of amides is 1. The summed E-state index contributed by atoms with van der Waals surface area (Å²) >= 11 is 0. The average Bonchev–Trinajstić information content (AvgIpc) is 3.11. The van der Waals surface area contributed by atoms with Crippen molar-refractivity contribution in [3.05, 3.63) is 65.4 Å². The van der Waals surface area contributed by atoms with Crippen molar-refractivity contribution in [2.45, 2.75) is 20.8 Å². The molecule has 3 heterocycles. The summed E-state index contributed by atoms with van der Waals surface area (Å²) in [5.74, 6) is 0.490. The van der Waals surface area contributed by atoms with E-state index in [-0.39, 0.29) is 5.91 Å². The number of rotatable bonds is 3. The standard InChI is InChI=1S/C20H20N6O/c1-12-17(13(2)25(4)24-12)19(27)22-16-8-5-7-15(11-16)18-14(3)26-10-6-9-21-20(26)23-18/h5-11H,1-4H3,(H,22,27). The van der Waals surface area contributed by atoms with Crippen LogP contribution in [0.3, 0.4) is 0 Å². The van der Waals surface area contributed by atoms with E-state index in [2.05, 4.69) is 20.4 Å². The lowest BCUT2D eigenvalue weighted by molar-refractivity contribution is 0.102. The lowest BCUT2D eigenvalue weighted by atomic mass is 10.1. The maximum atomic E-state index is 12.7. The molecule has 0 saturated carbocycles. The Balaban J connectivity index is 1.68. The molecule has 1 aromatic carbocycles. The number of carbonyl (C=O) groups excluding carboxylic acids is 1. The van der Waals surface area contributed by atoms with Crippen LogP contribution in [-0.2, 0) is 7.05 Å². The van der Waals surface area contributed by atoms with Crippen molar-refractivity contribution in [1.29, 1.82) is 0 Å². The predicted molar refractivity (Wildman–Crippen MR) is 104 cm³/mol. The second-order valence-corrected chi connectivity index (χ2v) is 6.54. The molecule has 4 rings (SSSR count). The van der Waals surface area contributed by atoms with Gasteiger partial charge in [0.15, 0.2) is 0 Å². The van der Waals surface area contributed by atoms with Crippen molar-refractivity contribution in [3.63, 3.8) is 0 Å². The fraction of sp³-hybridized carbons (Fsp3) is 0.200. The monoisotopic (exact) mass is 360 g/mol. The van der Waals surface area contributed by atoms with Crippen LogP contribution in [0, 0.1) is 20.8 Å². The highest BCUT2D eigenvalue weighted by molar-refractivity contribution is 6.06. The Morgan fingerprint density at radius 2 is 1.93 bits per heavy atom. The maximum Gasteiger partial charge on any atom is 0.259 e. The second-order valence-electron chi connectivity index (χ2n) is 6.54. The number of aryl methyl sites for hydroxylation is 3. The third-order valence-electron chi connectivity index (χ3n) is 4.77. The molecule has 0 aliphatic rings. The number of nitrogens with one attached hydrogen (secondary N) is 1. The average molecular weight is 360 g/mol. The van der Waals surface area contributed by atoms with Gasteiger partial charge in [-0.1, -0.05) is 12.1 Å². The molecule has 0 spiro atoms. The second kappa shape index (κ2) is 6.35. The highest BCUT2D eigenvalue weighted by Gasteiger charge is 2.18. The fourth-order valence-corrected chi connectivity index (χ4v) is 3.32. The Labute approximate surface area is 156 Å². The van der Waals surface area contributed by atoms with Crippen molar-refractivity contribution >= 4 is 17.4 Å². The minimum absolute atomic E-state index is 0.163. The molecule has 0 aliphatic carbocycles. The molecule has 0 fully saturated rings. The normalized spacial score (nSPS) is 11.1.